The molecule has 0 saturated carbocycles. The summed E-state index contributed by atoms with van der Waals surface area (Å²) in [4.78, 5) is 14.7. The molecule has 0 aromatic heterocycles. The Kier molecular flexibility index (Phi) is 7.15. The number of ether oxygens (including phenoxy) is 1. The molecule has 0 spiro atoms. The molecule has 0 aliphatic carbocycles. The molecule has 3 rings (SSSR count). The van der Waals surface area contributed by atoms with Gasteiger partial charge >= 0.3 is 0 Å². The zero-order valence-corrected chi connectivity index (χ0v) is 18.7. The molecule has 1 saturated heterocycles. The Balaban J connectivity index is 1.70. The lowest BCUT2D eigenvalue weighted by atomic mass is 10.1. The van der Waals surface area contributed by atoms with Crippen molar-refractivity contribution in [1.29, 1.82) is 0 Å². The molecule has 162 valence electrons. The van der Waals surface area contributed by atoms with Gasteiger partial charge in [0.2, 0.25) is 10.0 Å². The summed E-state index contributed by atoms with van der Waals surface area (Å²) in [6.07, 6.45) is 2.81. The second kappa shape index (κ2) is 9.62. The number of likely N-dealkylation sites (N-methyl/N-ethyl adjacent to an activating group) is 1. The number of hydrogen-bond acceptors (Lipinski definition) is 4. The number of aryl methyl sites for hydroxylation is 2. The van der Waals surface area contributed by atoms with Gasteiger partial charge < -0.3 is 9.64 Å². The fourth-order valence-corrected chi connectivity index (χ4v) is 5.11. The summed E-state index contributed by atoms with van der Waals surface area (Å²) in [5.74, 6) is 0.584. The smallest absolute Gasteiger partial charge is 0.254 e. The predicted molar refractivity (Wildman–Crippen MR) is 117 cm³/mol. The van der Waals surface area contributed by atoms with Crippen molar-refractivity contribution in [3.8, 4) is 5.75 Å². The Morgan fingerprint density at radius 1 is 1.03 bits per heavy atom. The zero-order chi connectivity index (χ0) is 21.7. The number of rotatable bonds is 7. The lowest BCUT2D eigenvalue weighted by molar-refractivity contribution is 0.0772. The van der Waals surface area contributed by atoms with Crippen LogP contribution in [-0.2, 0) is 10.0 Å². The van der Waals surface area contributed by atoms with E-state index < -0.39 is 10.0 Å². The number of benzene rings is 2. The van der Waals surface area contributed by atoms with E-state index in [0.717, 1.165) is 36.1 Å². The van der Waals surface area contributed by atoms with E-state index in [0.29, 0.717) is 31.8 Å². The highest BCUT2D eigenvalue weighted by molar-refractivity contribution is 7.89. The van der Waals surface area contributed by atoms with Crippen molar-refractivity contribution in [2.75, 3.05) is 33.3 Å². The lowest BCUT2D eigenvalue weighted by Crippen LogP contribution is -2.36. The molecular weight excluding hydrogens is 400 g/mol. The minimum atomic E-state index is -3.58. The first-order chi connectivity index (χ1) is 14.3. The van der Waals surface area contributed by atoms with Crippen molar-refractivity contribution in [1.82, 2.24) is 9.21 Å². The van der Waals surface area contributed by atoms with Gasteiger partial charge in [-0.15, -0.1) is 0 Å². The van der Waals surface area contributed by atoms with E-state index in [2.05, 4.69) is 0 Å². The van der Waals surface area contributed by atoms with Gasteiger partial charge in [0.05, 0.1) is 11.4 Å². The summed E-state index contributed by atoms with van der Waals surface area (Å²) in [5.41, 5.74) is 2.20. The molecule has 1 heterocycles. The van der Waals surface area contributed by atoms with Gasteiger partial charge in [-0.05, 0) is 56.0 Å². The van der Waals surface area contributed by atoms with Crippen LogP contribution in [0.1, 0.15) is 40.7 Å². The molecular formula is C23H30N2O4S. The van der Waals surface area contributed by atoms with E-state index in [1.165, 1.54) is 10.4 Å². The number of para-hydroxylation sites is 1. The van der Waals surface area contributed by atoms with E-state index in [1.807, 2.05) is 38.1 Å². The summed E-state index contributed by atoms with van der Waals surface area (Å²) in [6.45, 7) is 5.63. The van der Waals surface area contributed by atoms with E-state index >= 15 is 0 Å². The maximum Gasteiger partial charge on any atom is 0.254 e. The normalized spacial score (nSPS) is 15.0. The molecule has 2 aromatic rings. The van der Waals surface area contributed by atoms with Gasteiger partial charge in [-0.3, -0.25) is 4.79 Å². The first kappa shape index (κ1) is 22.3. The highest BCUT2D eigenvalue weighted by Crippen LogP contribution is 2.23. The van der Waals surface area contributed by atoms with Crippen LogP contribution >= 0.6 is 0 Å². The minimum Gasteiger partial charge on any atom is -0.491 e. The maximum absolute atomic E-state index is 13.0. The first-order valence-corrected chi connectivity index (χ1v) is 11.8. The van der Waals surface area contributed by atoms with Crippen LogP contribution < -0.4 is 4.74 Å². The minimum absolute atomic E-state index is 0.183. The second-order valence-corrected chi connectivity index (χ2v) is 9.72. The molecule has 30 heavy (non-hydrogen) atoms. The quantitative estimate of drug-likeness (QED) is 0.673. The van der Waals surface area contributed by atoms with E-state index in [-0.39, 0.29) is 10.8 Å². The predicted octanol–water partition coefficient (Wildman–Crippen LogP) is 3.63. The third-order valence-corrected chi connectivity index (χ3v) is 7.41. The number of sulfonamides is 1. The Hall–Kier alpha value is -2.38. The summed E-state index contributed by atoms with van der Waals surface area (Å²) < 4.78 is 33.3. The second-order valence-electron chi connectivity index (χ2n) is 7.78. The molecule has 2 aromatic carbocycles. The first-order valence-electron chi connectivity index (χ1n) is 10.4. The molecule has 6 nitrogen and oxygen atoms in total. The Morgan fingerprint density at radius 2 is 1.73 bits per heavy atom. The van der Waals surface area contributed by atoms with Crippen molar-refractivity contribution in [2.45, 2.75) is 38.0 Å². The molecule has 1 aliphatic heterocycles. The van der Waals surface area contributed by atoms with Gasteiger partial charge in [-0.2, -0.15) is 4.31 Å². The summed E-state index contributed by atoms with van der Waals surface area (Å²) in [6, 6.07) is 12.6. The van der Waals surface area contributed by atoms with Gasteiger partial charge in [0, 0.05) is 25.7 Å². The summed E-state index contributed by atoms with van der Waals surface area (Å²) >= 11 is 0. The van der Waals surface area contributed by atoms with Crippen molar-refractivity contribution >= 4 is 15.9 Å². The number of carbonyl (C=O) groups excluding carboxylic acids is 1. The van der Waals surface area contributed by atoms with Crippen molar-refractivity contribution in [2.24, 2.45) is 0 Å². The zero-order valence-electron chi connectivity index (χ0n) is 17.9. The Bertz CT molecular complexity index is 998. The molecule has 7 heteroatoms. The molecule has 0 atom stereocenters. The molecule has 1 fully saturated rings. The lowest BCUT2D eigenvalue weighted by Gasteiger charge is -2.26. The number of nitrogens with zero attached hydrogens (tertiary/aromatic N) is 2. The van der Waals surface area contributed by atoms with Crippen molar-refractivity contribution in [3.63, 3.8) is 0 Å². The fourth-order valence-electron chi connectivity index (χ4n) is 3.56. The highest BCUT2D eigenvalue weighted by Gasteiger charge is 2.27. The molecule has 0 bridgehead atoms. The SMILES string of the molecule is Cc1ccccc1OCCN(C)C(=O)c1cc(S(=O)(=O)N2CCCCC2)ccc1C. The third-order valence-electron chi connectivity index (χ3n) is 5.52. The highest BCUT2D eigenvalue weighted by atomic mass is 32.2. The average Bonchev–Trinajstić information content (AvgIpc) is 2.75. The van der Waals surface area contributed by atoms with E-state index in [4.69, 9.17) is 4.74 Å². The van der Waals surface area contributed by atoms with E-state index in [9.17, 15) is 13.2 Å². The van der Waals surface area contributed by atoms with Crippen LogP contribution in [0, 0.1) is 13.8 Å². The number of amides is 1. The van der Waals surface area contributed by atoms with Gasteiger partial charge in [0.25, 0.3) is 5.91 Å². The van der Waals surface area contributed by atoms with Gasteiger partial charge in [-0.1, -0.05) is 30.7 Å². The van der Waals surface area contributed by atoms with Gasteiger partial charge in [0.1, 0.15) is 12.4 Å². The van der Waals surface area contributed by atoms with Crippen LogP contribution in [0.2, 0.25) is 0 Å². The van der Waals surface area contributed by atoms with Crippen LogP contribution in [0.5, 0.6) is 5.75 Å². The molecule has 0 unspecified atom stereocenters. The standard InChI is InChI=1S/C23H30N2O4S/c1-18-11-12-20(30(27,28)25-13-7-4-8-14-25)17-21(18)23(26)24(3)15-16-29-22-10-6-5-9-19(22)2/h5-6,9-12,17H,4,7-8,13-16H2,1-3H3. The van der Waals surface area contributed by atoms with Gasteiger partial charge in [-0.25, -0.2) is 8.42 Å². The Morgan fingerprint density at radius 3 is 2.43 bits per heavy atom. The van der Waals surface area contributed by atoms with Crippen LogP contribution in [0.25, 0.3) is 0 Å². The van der Waals surface area contributed by atoms with Gasteiger partial charge in [0.15, 0.2) is 0 Å². The number of piperidine rings is 1. The summed E-state index contributed by atoms with van der Waals surface area (Å²) in [7, 11) is -1.88. The molecule has 0 N–H and O–H groups in total. The Labute approximate surface area is 179 Å². The molecule has 1 aliphatic rings. The largest absolute Gasteiger partial charge is 0.491 e. The van der Waals surface area contributed by atoms with Crippen molar-refractivity contribution in [3.05, 3.63) is 59.2 Å². The summed E-state index contributed by atoms with van der Waals surface area (Å²) in [5, 5.41) is 0. The van der Waals surface area contributed by atoms with Crippen LogP contribution in [0.4, 0.5) is 0 Å². The maximum atomic E-state index is 13.0. The van der Waals surface area contributed by atoms with Crippen LogP contribution in [-0.4, -0.2) is 56.8 Å². The number of carbonyl (C=O) groups is 1. The molecule has 0 radical (unpaired) electrons. The average molecular weight is 431 g/mol. The third kappa shape index (κ3) is 5.02. The van der Waals surface area contributed by atoms with Crippen molar-refractivity contribution < 1.29 is 17.9 Å². The topological polar surface area (TPSA) is 66.9 Å². The monoisotopic (exact) mass is 430 g/mol. The number of hydrogen-bond donors (Lipinski definition) is 0. The van der Waals surface area contributed by atoms with Crippen LogP contribution in [0.15, 0.2) is 47.4 Å². The van der Waals surface area contributed by atoms with E-state index in [1.54, 1.807) is 24.1 Å². The molecule has 1 amide bonds. The fraction of sp³-hybridized carbons (Fsp3) is 0.435. The van der Waals surface area contributed by atoms with Crippen LogP contribution in [0.3, 0.4) is 0 Å².